The SMILES string of the molecule is CC1(C)CC=C(c2cc(S(N)(=O)=O)ccc2N)CC1. The van der Waals surface area contributed by atoms with Gasteiger partial charge in [-0.05, 0) is 48.4 Å². The van der Waals surface area contributed by atoms with Crippen LogP contribution in [0.1, 0.15) is 38.7 Å². The summed E-state index contributed by atoms with van der Waals surface area (Å²) in [4.78, 5) is 0.113. The van der Waals surface area contributed by atoms with Gasteiger partial charge in [-0.3, -0.25) is 0 Å². The van der Waals surface area contributed by atoms with E-state index in [2.05, 4.69) is 19.9 Å². The van der Waals surface area contributed by atoms with E-state index < -0.39 is 10.0 Å². The van der Waals surface area contributed by atoms with Crippen LogP contribution in [0.3, 0.4) is 0 Å². The van der Waals surface area contributed by atoms with E-state index in [4.69, 9.17) is 10.9 Å². The molecule has 0 aliphatic heterocycles. The highest BCUT2D eigenvalue weighted by Gasteiger charge is 2.23. The van der Waals surface area contributed by atoms with Crippen molar-refractivity contribution >= 4 is 21.3 Å². The minimum atomic E-state index is -3.69. The zero-order valence-corrected chi connectivity index (χ0v) is 12.1. The molecular formula is C14H20N2O2S. The van der Waals surface area contributed by atoms with Crippen LogP contribution in [-0.2, 0) is 10.0 Å². The van der Waals surface area contributed by atoms with Gasteiger partial charge >= 0.3 is 0 Å². The second kappa shape index (κ2) is 4.65. The molecule has 0 saturated carbocycles. The summed E-state index contributed by atoms with van der Waals surface area (Å²) < 4.78 is 22.8. The molecule has 0 radical (unpaired) electrons. The van der Waals surface area contributed by atoms with Gasteiger partial charge in [-0.2, -0.15) is 0 Å². The Morgan fingerprint density at radius 2 is 1.95 bits per heavy atom. The largest absolute Gasteiger partial charge is 0.398 e. The van der Waals surface area contributed by atoms with Crippen molar-refractivity contribution in [2.45, 2.75) is 38.0 Å². The molecule has 1 aliphatic carbocycles. The molecule has 0 atom stereocenters. The molecule has 0 spiro atoms. The minimum Gasteiger partial charge on any atom is -0.398 e. The molecule has 0 saturated heterocycles. The molecule has 104 valence electrons. The zero-order chi connectivity index (χ0) is 14.3. The van der Waals surface area contributed by atoms with Crippen molar-refractivity contribution in [2.24, 2.45) is 10.6 Å². The van der Waals surface area contributed by atoms with Gasteiger partial charge in [0.2, 0.25) is 10.0 Å². The first-order valence-electron chi connectivity index (χ1n) is 6.31. The van der Waals surface area contributed by atoms with Crippen molar-refractivity contribution < 1.29 is 8.42 Å². The Labute approximate surface area is 114 Å². The van der Waals surface area contributed by atoms with Gasteiger partial charge in [0.15, 0.2) is 0 Å². The van der Waals surface area contributed by atoms with Crippen LogP contribution in [0.5, 0.6) is 0 Å². The first-order chi connectivity index (χ1) is 8.69. The number of sulfonamides is 1. The standard InChI is InChI=1S/C14H20N2O2S/c1-14(2)7-5-10(6-8-14)12-9-11(19(16,17)18)3-4-13(12)15/h3-5,9H,6-8,15H2,1-2H3,(H2,16,17,18). The Bertz CT molecular complexity index is 631. The van der Waals surface area contributed by atoms with Crippen LogP contribution in [0.4, 0.5) is 5.69 Å². The third kappa shape index (κ3) is 3.16. The summed E-state index contributed by atoms with van der Waals surface area (Å²) in [6.07, 6.45) is 5.10. The molecular weight excluding hydrogens is 260 g/mol. The summed E-state index contributed by atoms with van der Waals surface area (Å²) in [5, 5.41) is 5.16. The smallest absolute Gasteiger partial charge is 0.238 e. The van der Waals surface area contributed by atoms with E-state index in [-0.39, 0.29) is 4.90 Å². The maximum Gasteiger partial charge on any atom is 0.238 e. The number of nitrogen functional groups attached to an aromatic ring is 1. The Hall–Kier alpha value is -1.33. The third-order valence-corrected chi connectivity index (χ3v) is 4.58. The minimum absolute atomic E-state index is 0.113. The Morgan fingerprint density at radius 3 is 2.47 bits per heavy atom. The van der Waals surface area contributed by atoms with Gasteiger partial charge < -0.3 is 5.73 Å². The lowest BCUT2D eigenvalue weighted by Gasteiger charge is -2.29. The summed E-state index contributed by atoms with van der Waals surface area (Å²) >= 11 is 0. The van der Waals surface area contributed by atoms with Crippen molar-refractivity contribution in [2.75, 3.05) is 5.73 Å². The molecule has 0 heterocycles. The molecule has 1 aromatic rings. The van der Waals surface area contributed by atoms with Crippen LogP contribution in [0.25, 0.3) is 5.57 Å². The lowest BCUT2D eigenvalue weighted by atomic mass is 9.77. The molecule has 0 unspecified atom stereocenters. The van der Waals surface area contributed by atoms with Gasteiger partial charge in [-0.15, -0.1) is 0 Å². The van der Waals surface area contributed by atoms with Crippen molar-refractivity contribution in [3.8, 4) is 0 Å². The Kier molecular flexibility index (Phi) is 3.45. The average Bonchev–Trinajstić information content (AvgIpc) is 2.29. The topological polar surface area (TPSA) is 86.2 Å². The van der Waals surface area contributed by atoms with E-state index in [9.17, 15) is 8.42 Å². The maximum atomic E-state index is 11.4. The van der Waals surface area contributed by atoms with Crippen LogP contribution in [0.15, 0.2) is 29.2 Å². The number of hydrogen-bond donors (Lipinski definition) is 2. The fraction of sp³-hybridized carbons (Fsp3) is 0.429. The zero-order valence-electron chi connectivity index (χ0n) is 11.3. The summed E-state index contributed by atoms with van der Waals surface area (Å²) in [5.74, 6) is 0. The van der Waals surface area contributed by atoms with Gasteiger partial charge in [0.05, 0.1) is 4.90 Å². The summed E-state index contributed by atoms with van der Waals surface area (Å²) in [5.41, 5.74) is 8.76. The Morgan fingerprint density at radius 1 is 1.26 bits per heavy atom. The highest BCUT2D eigenvalue weighted by Crippen LogP contribution is 2.39. The van der Waals surface area contributed by atoms with Gasteiger partial charge in [0.1, 0.15) is 0 Å². The Balaban J connectivity index is 2.43. The van der Waals surface area contributed by atoms with Crippen molar-refractivity contribution in [3.63, 3.8) is 0 Å². The fourth-order valence-corrected chi connectivity index (χ4v) is 2.85. The molecule has 1 aliphatic rings. The average molecular weight is 280 g/mol. The van der Waals surface area contributed by atoms with Crippen molar-refractivity contribution in [1.29, 1.82) is 0 Å². The van der Waals surface area contributed by atoms with Gasteiger partial charge in [0, 0.05) is 11.3 Å². The van der Waals surface area contributed by atoms with E-state index >= 15 is 0 Å². The molecule has 5 heteroatoms. The van der Waals surface area contributed by atoms with E-state index in [1.54, 1.807) is 12.1 Å². The molecule has 1 aromatic carbocycles. The first-order valence-corrected chi connectivity index (χ1v) is 7.85. The molecule has 0 aromatic heterocycles. The van der Waals surface area contributed by atoms with E-state index in [0.29, 0.717) is 11.1 Å². The lowest BCUT2D eigenvalue weighted by Crippen LogP contribution is -2.15. The van der Waals surface area contributed by atoms with E-state index in [0.717, 1.165) is 30.4 Å². The summed E-state index contributed by atoms with van der Waals surface area (Å²) in [6.45, 7) is 4.45. The molecule has 0 fully saturated rings. The molecule has 4 N–H and O–H groups in total. The van der Waals surface area contributed by atoms with Crippen LogP contribution < -0.4 is 10.9 Å². The van der Waals surface area contributed by atoms with Crippen LogP contribution in [-0.4, -0.2) is 8.42 Å². The highest BCUT2D eigenvalue weighted by molar-refractivity contribution is 7.89. The van der Waals surface area contributed by atoms with Crippen LogP contribution >= 0.6 is 0 Å². The number of anilines is 1. The number of benzene rings is 1. The van der Waals surface area contributed by atoms with Gasteiger partial charge in [0.25, 0.3) is 0 Å². The summed E-state index contributed by atoms with van der Waals surface area (Å²) in [6, 6.07) is 4.63. The number of rotatable bonds is 2. The number of primary sulfonamides is 1. The fourth-order valence-electron chi connectivity index (χ4n) is 2.31. The molecule has 4 nitrogen and oxygen atoms in total. The normalized spacial score (nSPS) is 19.0. The van der Waals surface area contributed by atoms with Crippen molar-refractivity contribution in [1.82, 2.24) is 0 Å². The monoisotopic (exact) mass is 280 g/mol. The molecule has 2 rings (SSSR count). The molecule has 19 heavy (non-hydrogen) atoms. The summed E-state index contributed by atoms with van der Waals surface area (Å²) in [7, 11) is -3.69. The quantitative estimate of drug-likeness (QED) is 0.816. The first kappa shape index (κ1) is 14.1. The van der Waals surface area contributed by atoms with Gasteiger partial charge in [-0.1, -0.05) is 19.9 Å². The number of nitrogens with two attached hydrogens (primary N) is 2. The second-order valence-electron chi connectivity index (χ2n) is 5.89. The second-order valence-corrected chi connectivity index (χ2v) is 7.45. The van der Waals surface area contributed by atoms with Crippen LogP contribution in [0, 0.1) is 5.41 Å². The lowest BCUT2D eigenvalue weighted by molar-refractivity contribution is 0.335. The maximum absolute atomic E-state index is 11.4. The van der Waals surface area contributed by atoms with E-state index in [1.807, 2.05) is 0 Å². The van der Waals surface area contributed by atoms with E-state index in [1.165, 1.54) is 6.07 Å². The third-order valence-electron chi connectivity index (χ3n) is 3.67. The predicted molar refractivity (Wildman–Crippen MR) is 77.8 cm³/mol. The number of allylic oxidation sites excluding steroid dienone is 2. The van der Waals surface area contributed by atoms with Gasteiger partial charge in [-0.25, -0.2) is 13.6 Å². The molecule has 0 bridgehead atoms. The van der Waals surface area contributed by atoms with Crippen LogP contribution in [0.2, 0.25) is 0 Å². The predicted octanol–water partition coefficient (Wildman–Crippen LogP) is 2.51. The highest BCUT2D eigenvalue weighted by atomic mass is 32.2. The molecule has 0 amide bonds. The van der Waals surface area contributed by atoms with Crippen molar-refractivity contribution in [3.05, 3.63) is 29.8 Å². The number of hydrogen-bond acceptors (Lipinski definition) is 3.